The van der Waals surface area contributed by atoms with Crippen LogP contribution in [0.15, 0.2) is 95.9 Å². The summed E-state index contributed by atoms with van der Waals surface area (Å²) in [5.41, 5.74) is 2.20. The molecule has 0 radical (unpaired) electrons. The number of carbonyl (C=O) groups excluding carboxylic acids is 2. The van der Waals surface area contributed by atoms with E-state index >= 15 is 0 Å². The molecule has 7 nitrogen and oxygen atoms in total. The first-order valence-corrected chi connectivity index (χ1v) is 17.6. The van der Waals surface area contributed by atoms with Crippen molar-refractivity contribution in [1.29, 1.82) is 0 Å². The van der Waals surface area contributed by atoms with Gasteiger partial charge >= 0.3 is 0 Å². The van der Waals surface area contributed by atoms with Gasteiger partial charge in [0.1, 0.15) is 12.6 Å². The summed E-state index contributed by atoms with van der Waals surface area (Å²) < 4.78 is 29.7. The summed E-state index contributed by atoms with van der Waals surface area (Å²) in [5.74, 6) is -1.05. The third-order valence-corrected chi connectivity index (χ3v) is 10.4. The Hall–Kier alpha value is -3.56. The zero-order valence-corrected chi connectivity index (χ0v) is 30.0. The van der Waals surface area contributed by atoms with Crippen LogP contribution >= 0.6 is 34.8 Å². The topological polar surface area (TPSA) is 86.8 Å². The van der Waals surface area contributed by atoms with Crippen LogP contribution in [-0.2, 0) is 32.6 Å². The van der Waals surface area contributed by atoms with Crippen LogP contribution in [0.3, 0.4) is 0 Å². The summed E-state index contributed by atoms with van der Waals surface area (Å²) >= 11 is 19.6. The van der Waals surface area contributed by atoms with E-state index in [0.29, 0.717) is 26.2 Å². The first kappa shape index (κ1) is 36.3. The molecule has 0 aliphatic rings. The zero-order chi connectivity index (χ0) is 34.5. The molecule has 0 aliphatic heterocycles. The summed E-state index contributed by atoms with van der Waals surface area (Å²) in [4.78, 5) is 30.1. The number of hydrogen-bond acceptors (Lipinski definition) is 4. The van der Waals surface area contributed by atoms with Gasteiger partial charge in [-0.1, -0.05) is 95.0 Å². The lowest BCUT2D eigenvalue weighted by molar-refractivity contribution is -0.140. The van der Waals surface area contributed by atoms with Gasteiger partial charge < -0.3 is 10.2 Å². The molecule has 47 heavy (non-hydrogen) atoms. The fourth-order valence-electron chi connectivity index (χ4n) is 5.08. The number of nitrogens with one attached hydrogen (secondary N) is 1. The quantitative estimate of drug-likeness (QED) is 0.171. The zero-order valence-electron chi connectivity index (χ0n) is 26.9. The fraction of sp³-hybridized carbons (Fsp3) is 0.278. The van der Waals surface area contributed by atoms with E-state index in [4.69, 9.17) is 34.8 Å². The molecule has 0 heterocycles. The number of carbonyl (C=O) groups is 2. The second kappa shape index (κ2) is 15.1. The van der Waals surface area contributed by atoms with E-state index < -0.39 is 40.0 Å². The van der Waals surface area contributed by atoms with E-state index in [1.54, 1.807) is 55.5 Å². The summed E-state index contributed by atoms with van der Waals surface area (Å²) in [7, 11) is -4.29. The Morgan fingerprint density at radius 3 is 1.96 bits per heavy atom. The maximum Gasteiger partial charge on any atom is 0.264 e. The van der Waals surface area contributed by atoms with Crippen molar-refractivity contribution in [3.05, 3.63) is 128 Å². The van der Waals surface area contributed by atoms with Gasteiger partial charge in [0.25, 0.3) is 10.0 Å². The third kappa shape index (κ3) is 9.08. The third-order valence-electron chi connectivity index (χ3n) is 7.56. The van der Waals surface area contributed by atoms with Crippen molar-refractivity contribution in [2.75, 3.05) is 10.8 Å². The molecule has 1 atom stereocenters. The highest BCUT2D eigenvalue weighted by Crippen LogP contribution is 2.32. The van der Waals surface area contributed by atoms with Crippen LogP contribution in [0.5, 0.6) is 0 Å². The molecule has 0 saturated carbocycles. The normalized spacial score (nSPS) is 12.3. The Morgan fingerprint density at radius 1 is 0.787 bits per heavy atom. The van der Waals surface area contributed by atoms with Crippen molar-refractivity contribution in [1.82, 2.24) is 10.2 Å². The molecule has 0 bridgehead atoms. The maximum atomic E-state index is 14.7. The van der Waals surface area contributed by atoms with E-state index in [1.807, 2.05) is 58.0 Å². The van der Waals surface area contributed by atoms with Crippen molar-refractivity contribution in [2.24, 2.45) is 0 Å². The smallest absolute Gasteiger partial charge is 0.264 e. The van der Waals surface area contributed by atoms with Gasteiger partial charge in [-0.15, -0.1) is 0 Å². The Bertz CT molecular complexity index is 1820. The minimum absolute atomic E-state index is 0.00212. The number of benzene rings is 4. The molecule has 0 fully saturated rings. The van der Waals surface area contributed by atoms with Gasteiger partial charge in [0.2, 0.25) is 11.8 Å². The van der Waals surface area contributed by atoms with Gasteiger partial charge in [-0.25, -0.2) is 8.42 Å². The number of sulfonamides is 1. The number of nitrogens with zero attached hydrogens (tertiary/aromatic N) is 2. The average molecular weight is 715 g/mol. The van der Waals surface area contributed by atoms with Crippen molar-refractivity contribution in [3.63, 3.8) is 0 Å². The molecule has 4 aromatic carbocycles. The highest BCUT2D eigenvalue weighted by atomic mass is 35.5. The molecule has 4 rings (SSSR count). The van der Waals surface area contributed by atoms with E-state index in [-0.39, 0.29) is 23.5 Å². The molecule has 4 aromatic rings. The number of anilines is 1. The highest BCUT2D eigenvalue weighted by molar-refractivity contribution is 7.92. The molecule has 248 valence electrons. The Labute approximate surface area is 292 Å². The lowest BCUT2D eigenvalue weighted by Gasteiger charge is -2.36. The van der Waals surface area contributed by atoms with Crippen LogP contribution in [0.2, 0.25) is 15.1 Å². The second-order valence-electron chi connectivity index (χ2n) is 12.4. The summed E-state index contributed by atoms with van der Waals surface area (Å²) in [6.07, 6.45) is 0.150. The predicted molar refractivity (Wildman–Crippen MR) is 191 cm³/mol. The van der Waals surface area contributed by atoms with Crippen molar-refractivity contribution in [2.45, 2.75) is 64.1 Å². The fourth-order valence-corrected chi connectivity index (χ4v) is 7.24. The van der Waals surface area contributed by atoms with Gasteiger partial charge in [-0.05, 0) is 82.1 Å². The number of rotatable bonds is 11. The van der Waals surface area contributed by atoms with Crippen molar-refractivity contribution in [3.8, 4) is 0 Å². The molecule has 11 heteroatoms. The Balaban J connectivity index is 1.88. The van der Waals surface area contributed by atoms with Crippen LogP contribution in [0, 0.1) is 13.8 Å². The molecule has 0 saturated heterocycles. The Kier molecular flexibility index (Phi) is 11.7. The largest absolute Gasteiger partial charge is 0.350 e. The summed E-state index contributed by atoms with van der Waals surface area (Å²) in [6, 6.07) is 24.5. The molecular weight excluding hydrogens is 677 g/mol. The van der Waals surface area contributed by atoms with Gasteiger partial charge in [0.05, 0.1) is 10.6 Å². The molecule has 0 aliphatic carbocycles. The van der Waals surface area contributed by atoms with Gasteiger partial charge in [0.15, 0.2) is 0 Å². The molecule has 1 N–H and O–H groups in total. The van der Waals surface area contributed by atoms with Crippen molar-refractivity contribution < 1.29 is 18.0 Å². The minimum Gasteiger partial charge on any atom is -0.350 e. The number of aryl methyl sites for hydroxylation is 1. The maximum absolute atomic E-state index is 14.7. The first-order valence-electron chi connectivity index (χ1n) is 15.0. The molecule has 1 unspecified atom stereocenters. The second-order valence-corrected chi connectivity index (χ2v) is 15.5. The predicted octanol–water partition coefficient (Wildman–Crippen LogP) is 8.01. The SMILES string of the molecule is Cc1ccc(S(=O)(=O)N(CC(=O)N(Cc2c(Cl)cccc2Cl)C(Cc2ccccc2)C(=O)NC(C)(C)C)c2cccc(Cl)c2C)cc1. The monoisotopic (exact) mass is 713 g/mol. The number of halogens is 3. The minimum atomic E-state index is -4.29. The average Bonchev–Trinajstić information content (AvgIpc) is 3.00. The summed E-state index contributed by atoms with van der Waals surface area (Å²) in [6.45, 7) is 8.30. The van der Waals surface area contributed by atoms with Crippen LogP contribution in [-0.4, -0.2) is 43.3 Å². The van der Waals surface area contributed by atoms with Crippen molar-refractivity contribution >= 4 is 62.3 Å². The van der Waals surface area contributed by atoms with Crippen LogP contribution in [0.1, 0.15) is 43.0 Å². The Morgan fingerprint density at radius 2 is 1.36 bits per heavy atom. The lowest BCUT2D eigenvalue weighted by Crippen LogP contribution is -2.56. The molecular formula is C36H38Cl3N3O4S. The van der Waals surface area contributed by atoms with Gasteiger partial charge in [-0.3, -0.25) is 13.9 Å². The number of hydrogen-bond donors (Lipinski definition) is 1. The first-order chi connectivity index (χ1) is 22.1. The number of amides is 2. The molecule has 0 aromatic heterocycles. The summed E-state index contributed by atoms with van der Waals surface area (Å²) in [5, 5.41) is 3.95. The van der Waals surface area contributed by atoms with Crippen LogP contribution < -0.4 is 9.62 Å². The van der Waals surface area contributed by atoms with E-state index in [2.05, 4.69) is 5.32 Å². The van der Waals surface area contributed by atoms with Gasteiger partial charge in [0, 0.05) is 39.1 Å². The van der Waals surface area contributed by atoms with E-state index in [9.17, 15) is 18.0 Å². The van der Waals surface area contributed by atoms with E-state index in [1.165, 1.54) is 17.0 Å². The van der Waals surface area contributed by atoms with Crippen LogP contribution in [0.4, 0.5) is 5.69 Å². The highest BCUT2D eigenvalue weighted by Gasteiger charge is 2.36. The van der Waals surface area contributed by atoms with Crippen LogP contribution in [0.25, 0.3) is 0 Å². The van der Waals surface area contributed by atoms with E-state index in [0.717, 1.165) is 15.4 Å². The van der Waals surface area contributed by atoms with Gasteiger partial charge in [-0.2, -0.15) is 0 Å². The lowest BCUT2D eigenvalue weighted by atomic mass is 10.0. The standard InChI is InChI=1S/C36H38Cl3N3O4S/c1-24-17-19-27(20-18-24)47(45,46)42(32-16-10-13-29(37)25(32)2)23-34(43)41(22-28-30(38)14-9-15-31(28)39)33(35(44)40-36(3,4)5)21-26-11-7-6-8-12-26/h6-20,33H,21-23H2,1-5H3,(H,40,44). The molecule has 0 spiro atoms. The molecule has 2 amide bonds.